The Kier molecular flexibility index (Phi) is 4.71. The van der Waals surface area contributed by atoms with Gasteiger partial charge in [-0.15, -0.1) is 22.0 Å². The molecule has 0 bridgehead atoms. The molecule has 1 N–H and O–H groups in total. The molecule has 0 atom stereocenters. The second-order valence-electron chi connectivity index (χ2n) is 2.74. The molecule has 1 rings (SSSR count). The molecule has 0 radical (unpaired) electrons. The number of methoxy groups -OCH3 is 1. The minimum atomic E-state index is -1.11. The lowest BCUT2D eigenvalue weighted by Crippen LogP contribution is -2.03. The first-order valence-electron chi connectivity index (χ1n) is 4.40. The van der Waals surface area contributed by atoms with Gasteiger partial charge in [0.05, 0.1) is 13.5 Å². The summed E-state index contributed by atoms with van der Waals surface area (Å²) in [5, 5.41) is 16.4. The molecular formula is C9H10N2O4S. The summed E-state index contributed by atoms with van der Waals surface area (Å²) in [5.74, 6) is -0.880. The first-order chi connectivity index (χ1) is 7.63. The second kappa shape index (κ2) is 6.06. The van der Waals surface area contributed by atoms with Crippen molar-refractivity contribution in [3.8, 4) is 0 Å². The highest BCUT2D eigenvalue weighted by Gasteiger charge is 2.06. The zero-order chi connectivity index (χ0) is 12.0. The maximum absolute atomic E-state index is 10.8. The van der Waals surface area contributed by atoms with Gasteiger partial charge < -0.3 is 9.84 Å². The van der Waals surface area contributed by atoms with E-state index >= 15 is 0 Å². The van der Waals surface area contributed by atoms with Crippen molar-refractivity contribution in [2.75, 3.05) is 12.9 Å². The number of ether oxygens (including phenoxy) is 1. The largest absolute Gasteiger partial charge is 0.476 e. The number of carbonyl (C=O) groups is 2. The van der Waals surface area contributed by atoms with Gasteiger partial charge in [0, 0.05) is 5.75 Å². The Balaban J connectivity index is 2.43. The quantitative estimate of drug-likeness (QED) is 0.604. The molecule has 0 fully saturated rings. The SMILES string of the molecule is COC(=O)CCSc1ccc(C(=O)O)nn1. The van der Waals surface area contributed by atoms with Crippen LogP contribution in [0, 0.1) is 0 Å². The number of carboxylic acid groups (broad SMARTS) is 1. The summed E-state index contributed by atoms with van der Waals surface area (Å²) < 4.78 is 4.47. The lowest BCUT2D eigenvalue weighted by molar-refractivity contribution is -0.140. The summed E-state index contributed by atoms with van der Waals surface area (Å²) in [6.07, 6.45) is 0.281. The van der Waals surface area contributed by atoms with Crippen LogP contribution in [0.5, 0.6) is 0 Å². The molecule has 0 saturated carbocycles. The summed E-state index contributed by atoms with van der Waals surface area (Å²) in [5.41, 5.74) is -0.0997. The van der Waals surface area contributed by atoms with Crippen LogP contribution in [0.1, 0.15) is 16.9 Å². The van der Waals surface area contributed by atoms with Crippen LogP contribution in [-0.4, -0.2) is 40.1 Å². The highest BCUT2D eigenvalue weighted by Crippen LogP contribution is 2.15. The molecule has 0 saturated heterocycles. The molecule has 0 aliphatic carbocycles. The Hall–Kier alpha value is -1.63. The van der Waals surface area contributed by atoms with Crippen LogP contribution >= 0.6 is 11.8 Å². The number of rotatable bonds is 5. The Bertz CT molecular complexity index is 380. The topological polar surface area (TPSA) is 89.4 Å². The number of esters is 1. The van der Waals surface area contributed by atoms with Crippen molar-refractivity contribution in [2.45, 2.75) is 11.4 Å². The maximum atomic E-state index is 10.8. The van der Waals surface area contributed by atoms with Gasteiger partial charge in [-0.25, -0.2) is 4.79 Å². The molecule has 1 aromatic rings. The molecule has 0 amide bonds. The standard InChI is InChI=1S/C9H10N2O4S/c1-15-8(12)4-5-16-7-3-2-6(9(13)14)10-11-7/h2-3H,4-5H2,1H3,(H,13,14). The van der Waals surface area contributed by atoms with E-state index in [1.165, 1.54) is 24.9 Å². The maximum Gasteiger partial charge on any atom is 0.356 e. The van der Waals surface area contributed by atoms with Gasteiger partial charge in [-0.1, -0.05) is 0 Å². The Labute approximate surface area is 96.0 Å². The van der Waals surface area contributed by atoms with Crippen molar-refractivity contribution in [2.24, 2.45) is 0 Å². The van der Waals surface area contributed by atoms with Gasteiger partial charge in [-0.05, 0) is 12.1 Å². The summed E-state index contributed by atoms with van der Waals surface area (Å²) in [6, 6.07) is 2.92. The number of hydrogen-bond acceptors (Lipinski definition) is 6. The normalized spacial score (nSPS) is 9.81. The predicted octanol–water partition coefficient (Wildman–Crippen LogP) is 0.830. The average molecular weight is 242 g/mol. The van der Waals surface area contributed by atoms with Crippen molar-refractivity contribution in [1.29, 1.82) is 0 Å². The van der Waals surface area contributed by atoms with E-state index in [0.717, 1.165) is 0 Å². The molecule has 0 unspecified atom stereocenters. The summed E-state index contributed by atoms with van der Waals surface area (Å²) in [4.78, 5) is 21.3. The number of aromatic nitrogens is 2. The molecule has 0 aliphatic rings. The fourth-order valence-corrected chi connectivity index (χ4v) is 1.59. The predicted molar refractivity (Wildman–Crippen MR) is 56.3 cm³/mol. The fraction of sp³-hybridized carbons (Fsp3) is 0.333. The molecular weight excluding hydrogens is 232 g/mol. The summed E-state index contributed by atoms with van der Waals surface area (Å²) >= 11 is 1.32. The van der Waals surface area contributed by atoms with Gasteiger partial charge in [-0.2, -0.15) is 0 Å². The molecule has 86 valence electrons. The van der Waals surface area contributed by atoms with E-state index in [1.807, 2.05) is 0 Å². The van der Waals surface area contributed by atoms with Crippen LogP contribution < -0.4 is 0 Å². The molecule has 7 heteroatoms. The van der Waals surface area contributed by atoms with E-state index in [2.05, 4.69) is 14.9 Å². The number of aromatic carboxylic acids is 1. The third-order valence-corrected chi connectivity index (χ3v) is 2.56. The fourth-order valence-electron chi connectivity index (χ4n) is 0.852. The van der Waals surface area contributed by atoms with Crippen molar-refractivity contribution in [3.63, 3.8) is 0 Å². The van der Waals surface area contributed by atoms with Crippen LogP contribution in [0.25, 0.3) is 0 Å². The molecule has 16 heavy (non-hydrogen) atoms. The molecule has 6 nitrogen and oxygen atoms in total. The highest BCUT2D eigenvalue weighted by molar-refractivity contribution is 7.99. The van der Waals surface area contributed by atoms with Crippen LogP contribution in [0.2, 0.25) is 0 Å². The second-order valence-corrected chi connectivity index (χ2v) is 3.85. The minimum Gasteiger partial charge on any atom is -0.476 e. The van der Waals surface area contributed by atoms with Crippen molar-refractivity contribution in [3.05, 3.63) is 17.8 Å². The first-order valence-corrected chi connectivity index (χ1v) is 5.38. The van der Waals surface area contributed by atoms with E-state index < -0.39 is 5.97 Å². The van der Waals surface area contributed by atoms with E-state index in [1.54, 1.807) is 6.07 Å². The number of carbonyl (C=O) groups excluding carboxylic acids is 1. The van der Waals surface area contributed by atoms with Gasteiger partial charge >= 0.3 is 11.9 Å². The summed E-state index contributed by atoms with van der Waals surface area (Å²) in [6.45, 7) is 0. The van der Waals surface area contributed by atoms with Crippen LogP contribution in [0.4, 0.5) is 0 Å². The van der Waals surface area contributed by atoms with Gasteiger partial charge in [0.25, 0.3) is 0 Å². The Morgan fingerprint density at radius 1 is 1.44 bits per heavy atom. The smallest absolute Gasteiger partial charge is 0.356 e. The molecule has 0 spiro atoms. The van der Waals surface area contributed by atoms with E-state index in [0.29, 0.717) is 10.8 Å². The minimum absolute atomic E-state index is 0.0997. The molecule has 1 heterocycles. The van der Waals surface area contributed by atoms with Crippen LogP contribution in [0.15, 0.2) is 17.2 Å². The Morgan fingerprint density at radius 3 is 2.69 bits per heavy atom. The van der Waals surface area contributed by atoms with Gasteiger partial charge in [0.1, 0.15) is 5.03 Å². The molecule has 1 aromatic heterocycles. The first kappa shape index (κ1) is 12.4. The van der Waals surface area contributed by atoms with Gasteiger partial charge in [0.2, 0.25) is 0 Å². The number of nitrogens with zero attached hydrogens (tertiary/aromatic N) is 2. The van der Waals surface area contributed by atoms with E-state index in [4.69, 9.17) is 5.11 Å². The van der Waals surface area contributed by atoms with Gasteiger partial charge in [-0.3, -0.25) is 4.79 Å². The number of hydrogen-bond donors (Lipinski definition) is 1. The molecule has 0 aromatic carbocycles. The average Bonchev–Trinajstić information content (AvgIpc) is 2.29. The zero-order valence-corrected chi connectivity index (χ0v) is 9.36. The Morgan fingerprint density at radius 2 is 2.19 bits per heavy atom. The number of thioether (sulfide) groups is 1. The lowest BCUT2D eigenvalue weighted by atomic mass is 10.4. The monoisotopic (exact) mass is 242 g/mol. The van der Waals surface area contributed by atoms with E-state index in [9.17, 15) is 9.59 Å². The highest BCUT2D eigenvalue weighted by atomic mass is 32.2. The molecule has 0 aliphatic heterocycles. The van der Waals surface area contributed by atoms with Crippen LogP contribution in [-0.2, 0) is 9.53 Å². The third kappa shape index (κ3) is 3.85. The van der Waals surface area contributed by atoms with Crippen molar-refractivity contribution in [1.82, 2.24) is 10.2 Å². The zero-order valence-electron chi connectivity index (χ0n) is 8.54. The van der Waals surface area contributed by atoms with Crippen molar-refractivity contribution >= 4 is 23.7 Å². The number of carboxylic acids is 1. The lowest BCUT2D eigenvalue weighted by Gasteiger charge is -1.99. The van der Waals surface area contributed by atoms with E-state index in [-0.39, 0.29) is 18.1 Å². The van der Waals surface area contributed by atoms with Crippen LogP contribution in [0.3, 0.4) is 0 Å². The van der Waals surface area contributed by atoms with Crippen molar-refractivity contribution < 1.29 is 19.4 Å². The third-order valence-electron chi connectivity index (χ3n) is 1.64. The summed E-state index contributed by atoms with van der Waals surface area (Å²) in [7, 11) is 1.33. The van der Waals surface area contributed by atoms with Gasteiger partial charge in [0.15, 0.2) is 5.69 Å².